The van der Waals surface area contributed by atoms with Gasteiger partial charge in [-0.3, -0.25) is 10.1 Å². The summed E-state index contributed by atoms with van der Waals surface area (Å²) in [5, 5.41) is 10.5. The first kappa shape index (κ1) is 16.5. The molecule has 0 amide bonds. The van der Waals surface area contributed by atoms with Crippen LogP contribution in [0.4, 0.5) is 10.1 Å². The first-order chi connectivity index (χ1) is 9.09. The van der Waals surface area contributed by atoms with E-state index < -0.39 is 41.1 Å². The van der Waals surface area contributed by atoms with E-state index in [1.54, 1.807) is 6.92 Å². The maximum absolute atomic E-state index is 13.7. The molecule has 0 saturated carbocycles. The second-order valence-electron chi connectivity index (χ2n) is 4.03. The number of hydrogen-bond acceptors (Lipinski definition) is 5. The van der Waals surface area contributed by atoms with Crippen molar-refractivity contribution in [2.45, 2.75) is 18.2 Å². The number of nitro groups is 1. The molecular weight excluding hydrogens is 311 g/mol. The number of benzene rings is 1. The summed E-state index contributed by atoms with van der Waals surface area (Å²) in [5.41, 5.74) is -0.516. The summed E-state index contributed by atoms with van der Waals surface area (Å²) in [6.45, 7) is 1.61. The molecule has 7 nitrogen and oxygen atoms in total. The van der Waals surface area contributed by atoms with E-state index in [0.29, 0.717) is 6.07 Å². The zero-order valence-electron chi connectivity index (χ0n) is 10.8. The van der Waals surface area contributed by atoms with Crippen molar-refractivity contribution in [1.82, 2.24) is 0 Å². The van der Waals surface area contributed by atoms with Crippen molar-refractivity contribution in [3.05, 3.63) is 34.1 Å². The monoisotopic (exact) mass is 324 g/mol. The Kier molecular flexibility index (Phi) is 4.81. The molecule has 0 radical (unpaired) electrons. The summed E-state index contributed by atoms with van der Waals surface area (Å²) in [5.74, 6) is -1.42. The molecule has 10 heteroatoms. The average Bonchev–Trinajstić information content (AvgIpc) is 2.26. The smallest absolute Gasteiger partial charge is 0.258 e. The fourth-order valence-electron chi connectivity index (χ4n) is 1.46. The Labute approximate surface area is 116 Å². The number of nitrogens with zero attached hydrogens (tertiary/aromatic N) is 2. The van der Waals surface area contributed by atoms with E-state index in [-0.39, 0.29) is 12.2 Å². The number of non-ortho nitro benzene ring substituents is 1. The average molecular weight is 324 g/mol. The van der Waals surface area contributed by atoms with Crippen LogP contribution in [0.1, 0.15) is 13.3 Å². The van der Waals surface area contributed by atoms with E-state index in [0.717, 1.165) is 18.4 Å². The molecule has 0 heterocycles. The van der Waals surface area contributed by atoms with E-state index in [1.807, 2.05) is 0 Å². The van der Waals surface area contributed by atoms with Gasteiger partial charge in [-0.25, -0.2) is 17.0 Å². The van der Waals surface area contributed by atoms with Crippen molar-refractivity contribution in [3.8, 4) is 0 Å². The molecule has 0 spiro atoms. The van der Waals surface area contributed by atoms with Crippen LogP contribution in [-0.4, -0.2) is 29.6 Å². The second-order valence-corrected chi connectivity index (χ2v) is 8.25. The molecule has 1 atom stereocenters. The Morgan fingerprint density at radius 3 is 2.40 bits per heavy atom. The van der Waals surface area contributed by atoms with E-state index in [4.69, 9.17) is 0 Å². The SMILES string of the molecule is CCCS(=O)(=O)N=S(C)(=O)c1ccc([N+](=O)[O-])cc1F. The topological polar surface area (TPSA) is 107 Å². The van der Waals surface area contributed by atoms with Gasteiger partial charge in [-0.2, -0.15) is 0 Å². The van der Waals surface area contributed by atoms with Gasteiger partial charge in [0.05, 0.1) is 31.4 Å². The van der Waals surface area contributed by atoms with Crippen molar-refractivity contribution in [2.75, 3.05) is 12.0 Å². The molecule has 1 aromatic carbocycles. The molecule has 0 aliphatic rings. The van der Waals surface area contributed by atoms with Gasteiger partial charge in [0.25, 0.3) is 15.7 Å². The Morgan fingerprint density at radius 2 is 1.95 bits per heavy atom. The van der Waals surface area contributed by atoms with Gasteiger partial charge in [-0.15, -0.1) is 3.77 Å². The molecule has 20 heavy (non-hydrogen) atoms. The Morgan fingerprint density at radius 1 is 1.35 bits per heavy atom. The fraction of sp³-hybridized carbons (Fsp3) is 0.400. The van der Waals surface area contributed by atoms with E-state index in [9.17, 15) is 27.1 Å². The van der Waals surface area contributed by atoms with Crippen LogP contribution in [0.5, 0.6) is 0 Å². The third kappa shape index (κ3) is 3.97. The number of halogens is 1. The molecule has 0 fully saturated rings. The molecule has 0 aromatic heterocycles. The highest BCUT2D eigenvalue weighted by Gasteiger charge is 2.19. The van der Waals surface area contributed by atoms with Gasteiger partial charge < -0.3 is 0 Å². The summed E-state index contributed by atoms with van der Waals surface area (Å²) in [6, 6.07) is 2.45. The van der Waals surface area contributed by atoms with Crippen molar-refractivity contribution in [2.24, 2.45) is 3.77 Å². The van der Waals surface area contributed by atoms with Crippen molar-refractivity contribution >= 4 is 25.4 Å². The van der Waals surface area contributed by atoms with Gasteiger partial charge in [-0.05, 0) is 12.5 Å². The standard InChI is InChI=1S/C10H13FN2O5S2/c1-3-6-20(17,18)12-19(2,16)10-5-4-8(13(14)15)7-9(10)11/h4-5,7H,3,6H2,1-2H3. The first-order valence-electron chi connectivity index (χ1n) is 5.49. The first-order valence-corrected chi connectivity index (χ1v) is 9.02. The lowest BCUT2D eigenvalue weighted by molar-refractivity contribution is -0.385. The van der Waals surface area contributed by atoms with Crippen LogP contribution in [0.25, 0.3) is 0 Å². The molecule has 112 valence electrons. The Hall–Kier alpha value is -1.55. The van der Waals surface area contributed by atoms with Crippen molar-refractivity contribution in [3.63, 3.8) is 0 Å². The van der Waals surface area contributed by atoms with Crippen LogP contribution in [-0.2, 0) is 19.8 Å². The second kappa shape index (κ2) is 5.83. The van der Waals surface area contributed by atoms with Gasteiger partial charge in [0, 0.05) is 12.3 Å². The lowest BCUT2D eigenvalue weighted by atomic mass is 10.3. The molecule has 1 aromatic rings. The normalized spacial score (nSPS) is 14.6. The number of rotatable bonds is 5. The van der Waals surface area contributed by atoms with Crippen LogP contribution < -0.4 is 0 Å². The fourth-order valence-corrected chi connectivity index (χ4v) is 5.07. The van der Waals surface area contributed by atoms with Gasteiger partial charge in [0.1, 0.15) is 5.82 Å². The van der Waals surface area contributed by atoms with Crippen LogP contribution in [0, 0.1) is 15.9 Å². The highest BCUT2D eigenvalue weighted by molar-refractivity contribution is 8.02. The Bertz CT molecular complexity index is 751. The summed E-state index contributed by atoms with van der Waals surface area (Å²) in [6.07, 6.45) is 1.26. The number of nitro benzene ring substituents is 1. The van der Waals surface area contributed by atoms with Crippen LogP contribution >= 0.6 is 0 Å². The quantitative estimate of drug-likeness (QED) is 0.607. The van der Waals surface area contributed by atoms with E-state index in [1.165, 1.54) is 0 Å². The zero-order chi connectivity index (χ0) is 15.6. The molecule has 0 aliphatic carbocycles. The minimum atomic E-state index is -3.93. The third-order valence-electron chi connectivity index (χ3n) is 2.25. The summed E-state index contributed by atoms with van der Waals surface area (Å²) < 4.78 is 52.2. The molecule has 0 bridgehead atoms. The van der Waals surface area contributed by atoms with Crippen molar-refractivity contribution < 1.29 is 21.9 Å². The van der Waals surface area contributed by atoms with Crippen LogP contribution in [0.2, 0.25) is 0 Å². The van der Waals surface area contributed by atoms with Crippen LogP contribution in [0.15, 0.2) is 26.9 Å². The van der Waals surface area contributed by atoms with Crippen molar-refractivity contribution in [1.29, 1.82) is 0 Å². The van der Waals surface area contributed by atoms with E-state index in [2.05, 4.69) is 3.77 Å². The molecule has 0 aliphatic heterocycles. The predicted octanol–water partition coefficient (Wildman–Crippen LogP) is 1.93. The maximum Gasteiger partial charge on any atom is 0.272 e. The largest absolute Gasteiger partial charge is 0.272 e. The van der Waals surface area contributed by atoms with Gasteiger partial charge in [0.15, 0.2) is 0 Å². The van der Waals surface area contributed by atoms with Gasteiger partial charge in [-0.1, -0.05) is 6.92 Å². The van der Waals surface area contributed by atoms with Gasteiger partial charge in [0.2, 0.25) is 0 Å². The summed E-state index contributed by atoms with van der Waals surface area (Å²) in [7, 11) is -7.46. The molecule has 0 saturated heterocycles. The minimum absolute atomic E-state index is 0.282. The maximum atomic E-state index is 13.7. The third-order valence-corrected chi connectivity index (χ3v) is 6.37. The predicted molar refractivity (Wildman–Crippen MR) is 71.9 cm³/mol. The highest BCUT2D eigenvalue weighted by Crippen LogP contribution is 2.22. The zero-order valence-corrected chi connectivity index (χ0v) is 12.4. The lowest BCUT2D eigenvalue weighted by Crippen LogP contribution is -2.08. The summed E-state index contributed by atoms with van der Waals surface area (Å²) in [4.78, 5) is 9.20. The molecule has 1 rings (SSSR count). The van der Waals surface area contributed by atoms with Crippen LogP contribution in [0.3, 0.4) is 0 Å². The highest BCUT2D eigenvalue weighted by atomic mass is 32.3. The molecule has 0 N–H and O–H groups in total. The van der Waals surface area contributed by atoms with Gasteiger partial charge >= 0.3 is 0 Å². The molecule has 1 unspecified atom stereocenters. The Balaban J connectivity index is 3.41. The number of hydrogen-bond donors (Lipinski definition) is 0. The van der Waals surface area contributed by atoms with E-state index >= 15 is 0 Å². The minimum Gasteiger partial charge on any atom is -0.258 e. The lowest BCUT2D eigenvalue weighted by Gasteiger charge is -2.05. The summed E-state index contributed by atoms with van der Waals surface area (Å²) >= 11 is 0. The number of sulfonamides is 1. The molecular formula is C10H13FN2O5S2.